The quantitative estimate of drug-likeness (QED) is 0.355. The number of hydrogen-bond donors (Lipinski definition) is 0. The minimum absolute atomic E-state index is 0.394. The fraction of sp³-hybridized carbons (Fsp3) is 0.238. The lowest BCUT2D eigenvalue weighted by atomic mass is 10.2. The largest absolute Gasteiger partial charge is 0.419 e. The van der Waals surface area contributed by atoms with E-state index in [0.717, 1.165) is 13.0 Å². The molecule has 0 N–H and O–H groups in total. The maximum absolute atomic E-state index is 6.22. The molecule has 0 saturated carbocycles. The summed E-state index contributed by atoms with van der Waals surface area (Å²) in [5.74, 6) is 1.77. The van der Waals surface area contributed by atoms with E-state index in [1.807, 2.05) is 36.4 Å². The fourth-order valence-corrected chi connectivity index (χ4v) is 3.47. The van der Waals surface area contributed by atoms with E-state index in [1.165, 1.54) is 0 Å². The standard InChI is InChI=1S/C21H19Cl2N5O2/c1-2-11-28(12-18-24-26-20(29-18)14-7-3-5-9-16(14)22)13-19-25-27-21(30-19)15-8-4-6-10-17(15)23/h3-10H,2,11-13H2,1H3. The zero-order valence-electron chi connectivity index (χ0n) is 16.3. The first-order valence-electron chi connectivity index (χ1n) is 9.51. The Hall–Kier alpha value is -2.74. The van der Waals surface area contributed by atoms with Crippen molar-refractivity contribution in [3.63, 3.8) is 0 Å². The third kappa shape index (κ3) is 4.70. The van der Waals surface area contributed by atoms with Crippen LogP contribution in [0.1, 0.15) is 25.1 Å². The Morgan fingerprint density at radius 2 is 1.20 bits per heavy atom. The Morgan fingerprint density at radius 3 is 1.63 bits per heavy atom. The molecular weight excluding hydrogens is 425 g/mol. The summed E-state index contributed by atoms with van der Waals surface area (Å²) in [6, 6.07) is 14.7. The van der Waals surface area contributed by atoms with Gasteiger partial charge in [0.1, 0.15) is 0 Å². The molecule has 0 fully saturated rings. The van der Waals surface area contributed by atoms with Gasteiger partial charge in [0, 0.05) is 0 Å². The monoisotopic (exact) mass is 443 g/mol. The van der Waals surface area contributed by atoms with Crippen LogP contribution in [-0.2, 0) is 13.1 Å². The van der Waals surface area contributed by atoms with Crippen LogP contribution in [0, 0.1) is 0 Å². The average molecular weight is 444 g/mol. The lowest BCUT2D eigenvalue weighted by Crippen LogP contribution is -2.24. The van der Waals surface area contributed by atoms with Gasteiger partial charge in [0.15, 0.2) is 0 Å². The molecule has 0 atom stereocenters. The number of hydrogen-bond acceptors (Lipinski definition) is 7. The van der Waals surface area contributed by atoms with Gasteiger partial charge in [0.2, 0.25) is 23.6 Å². The maximum atomic E-state index is 6.22. The summed E-state index contributed by atoms with van der Waals surface area (Å²) >= 11 is 12.4. The Bertz CT molecular complexity index is 1040. The van der Waals surface area contributed by atoms with Crippen LogP contribution in [0.4, 0.5) is 0 Å². The molecule has 2 heterocycles. The van der Waals surface area contributed by atoms with Gasteiger partial charge in [-0.05, 0) is 37.2 Å². The SMILES string of the molecule is CCCN(Cc1nnc(-c2ccccc2Cl)o1)Cc1nnc(-c2ccccc2Cl)o1. The number of aromatic nitrogens is 4. The Kier molecular flexibility index (Phi) is 6.42. The summed E-state index contributed by atoms with van der Waals surface area (Å²) in [5.41, 5.74) is 1.42. The van der Waals surface area contributed by atoms with E-state index in [4.69, 9.17) is 32.0 Å². The van der Waals surface area contributed by atoms with Crippen LogP contribution in [0.2, 0.25) is 10.0 Å². The molecule has 0 unspecified atom stereocenters. The molecule has 0 aliphatic carbocycles. The van der Waals surface area contributed by atoms with Crippen molar-refractivity contribution >= 4 is 23.2 Å². The Morgan fingerprint density at radius 1 is 0.733 bits per heavy atom. The molecule has 9 heteroatoms. The lowest BCUT2D eigenvalue weighted by molar-refractivity contribution is 0.211. The molecule has 0 radical (unpaired) electrons. The van der Waals surface area contributed by atoms with Crippen molar-refractivity contribution in [1.29, 1.82) is 0 Å². The van der Waals surface area contributed by atoms with Gasteiger partial charge < -0.3 is 8.83 Å². The van der Waals surface area contributed by atoms with Crippen LogP contribution < -0.4 is 0 Å². The van der Waals surface area contributed by atoms with Crippen LogP contribution in [0.15, 0.2) is 57.4 Å². The molecule has 7 nitrogen and oxygen atoms in total. The van der Waals surface area contributed by atoms with Gasteiger partial charge >= 0.3 is 0 Å². The molecule has 0 bridgehead atoms. The second-order valence-electron chi connectivity index (χ2n) is 6.67. The van der Waals surface area contributed by atoms with Crippen LogP contribution in [0.3, 0.4) is 0 Å². The fourth-order valence-electron chi connectivity index (χ4n) is 3.03. The highest BCUT2D eigenvalue weighted by atomic mass is 35.5. The van der Waals surface area contributed by atoms with Gasteiger partial charge in [-0.1, -0.05) is 54.4 Å². The lowest BCUT2D eigenvalue weighted by Gasteiger charge is -2.17. The molecule has 2 aromatic heterocycles. The van der Waals surface area contributed by atoms with Crippen LogP contribution in [0.25, 0.3) is 22.9 Å². The normalized spacial score (nSPS) is 11.3. The van der Waals surface area contributed by atoms with Gasteiger partial charge in [-0.3, -0.25) is 4.90 Å². The Balaban J connectivity index is 1.48. The summed E-state index contributed by atoms with van der Waals surface area (Å²) in [7, 11) is 0. The van der Waals surface area contributed by atoms with Crippen LogP contribution in [-0.4, -0.2) is 31.8 Å². The summed E-state index contributed by atoms with van der Waals surface area (Å²) in [6.07, 6.45) is 0.941. The summed E-state index contributed by atoms with van der Waals surface area (Å²) in [4.78, 5) is 2.10. The molecule has 0 amide bonds. The molecule has 0 saturated heterocycles. The molecule has 2 aromatic carbocycles. The van der Waals surface area contributed by atoms with Crippen LogP contribution in [0.5, 0.6) is 0 Å². The zero-order valence-corrected chi connectivity index (χ0v) is 17.8. The number of rotatable bonds is 8. The molecule has 4 rings (SSSR count). The predicted octanol–water partition coefficient (Wildman–Crippen LogP) is 5.51. The molecule has 0 aliphatic rings. The predicted molar refractivity (Wildman–Crippen MR) is 114 cm³/mol. The first-order chi connectivity index (χ1) is 14.6. The first-order valence-corrected chi connectivity index (χ1v) is 10.3. The van der Waals surface area contributed by atoms with E-state index in [2.05, 4.69) is 32.2 Å². The van der Waals surface area contributed by atoms with E-state index in [9.17, 15) is 0 Å². The molecule has 30 heavy (non-hydrogen) atoms. The molecule has 4 aromatic rings. The minimum atomic E-state index is 0.394. The third-order valence-corrected chi connectivity index (χ3v) is 5.06. The first kappa shape index (κ1) is 20.5. The van der Waals surface area contributed by atoms with Gasteiger partial charge in [-0.15, -0.1) is 20.4 Å². The second-order valence-corrected chi connectivity index (χ2v) is 7.49. The summed E-state index contributed by atoms with van der Waals surface area (Å²) in [5, 5.41) is 17.7. The zero-order chi connectivity index (χ0) is 20.9. The van der Waals surface area contributed by atoms with Gasteiger partial charge in [-0.2, -0.15) is 0 Å². The molecule has 0 aliphatic heterocycles. The van der Waals surface area contributed by atoms with E-state index in [1.54, 1.807) is 12.1 Å². The van der Waals surface area contributed by atoms with E-state index in [-0.39, 0.29) is 0 Å². The number of nitrogens with zero attached hydrogens (tertiary/aromatic N) is 5. The van der Waals surface area contributed by atoms with Crippen molar-refractivity contribution in [3.05, 3.63) is 70.4 Å². The minimum Gasteiger partial charge on any atom is -0.419 e. The molecular formula is C21H19Cl2N5O2. The number of halogens is 2. The molecule has 0 spiro atoms. The third-order valence-electron chi connectivity index (χ3n) is 4.40. The summed E-state index contributed by atoms with van der Waals surface area (Å²) < 4.78 is 11.6. The highest BCUT2D eigenvalue weighted by Crippen LogP contribution is 2.28. The van der Waals surface area contributed by atoms with E-state index < -0.39 is 0 Å². The molecule has 154 valence electrons. The highest BCUT2D eigenvalue weighted by molar-refractivity contribution is 6.33. The number of benzene rings is 2. The van der Waals surface area contributed by atoms with Crippen molar-refractivity contribution in [2.75, 3.05) is 6.54 Å². The van der Waals surface area contributed by atoms with Gasteiger partial charge in [-0.25, -0.2) is 0 Å². The van der Waals surface area contributed by atoms with Crippen molar-refractivity contribution in [2.45, 2.75) is 26.4 Å². The maximum Gasteiger partial charge on any atom is 0.249 e. The van der Waals surface area contributed by atoms with Gasteiger partial charge in [0.05, 0.1) is 34.3 Å². The highest BCUT2D eigenvalue weighted by Gasteiger charge is 2.18. The second kappa shape index (κ2) is 9.38. The van der Waals surface area contributed by atoms with Crippen molar-refractivity contribution in [2.24, 2.45) is 0 Å². The summed E-state index contributed by atoms with van der Waals surface area (Å²) in [6.45, 7) is 3.80. The van der Waals surface area contributed by atoms with Gasteiger partial charge in [0.25, 0.3) is 0 Å². The average Bonchev–Trinajstić information content (AvgIpc) is 3.39. The van der Waals surface area contributed by atoms with E-state index in [0.29, 0.717) is 57.8 Å². The van der Waals surface area contributed by atoms with Crippen molar-refractivity contribution in [3.8, 4) is 22.9 Å². The van der Waals surface area contributed by atoms with Crippen molar-refractivity contribution < 1.29 is 8.83 Å². The Labute approximate surface area is 183 Å². The van der Waals surface area contributed by atoms with Crippen molar-refractivity contribution in [1.82, 2.24) is 25.3 Å². The van der Waals surface area contributed by atoms with E-state index >= 15 is 0 Å². The smallest absolute Gasteiger partial charge is 0.249 e. The van der Waals surface area contributed by atoms with Crippen LogP contribution >= 0.6 is 23.2 Å². The topological polar surface area (TPSA) is 81.1 Å².